The Balaban J connectivity index is 3.16. The molecule has 10 nitrogen and oxygen atoms in total. The van der Waals surface area contributed by atoms with Gasteiger partial charge in [0, 0.05) is 19.0 Å². The number of ether oxygens (including phenoxy) is 6. The number of hydrogen-bond donors (Lipinski definition) is 2. The van der Waals surface area contributed by atoms with E-state index >= 15 is 0 Å². The summed E-state index contributed by atoms with van der Waals surface area (Å²) < 4.78 is 31.0. The molecule has 0 saturated heterocycles. The van der Waals surface area contributed by atoms with Crippen LogP contribution in [-0.4, -0.2) is 97.1 Å². The lowest BCUT2D eigenvalue weighted by Crippen LogP contribution is -2.31. The van der Waals surface area contributed by atoms with Gasteiger partial charge in [-0.2, -0.15) is 0 Å². The zero-order valence-corrected chi connectivity index (χ0v) is 18.5. The number of hydrogen-bond acceptors (Lipinski definition) is 8. The number of primary amides is 1. The van der Waals surface area contributed by atoms with Gasteiger partial charge >= 0.3 is 6.09 Å². The fourth-order valence-electron chi connectivity index (χ4n) is 2.09. The summed E-state index contributed by atoms with van der Waals surface area (Å²) in [5.41, 5.74) is 4.80. The normalized spacial score (nSPS) is 10.8. The Kier molecular flexibility index (Phi) is 23.2. The van der Waals surface area contributed by atoms with Crippen molar-refractivity contribution in [3.05, 3.63) is 0 Å². The average molecular weight is 457 g/mol. The van der Waals surface area contributed by atoms with Crippen LogP contribution in [0.2, 0.25) is 0 Å². The van der Waals surface area contributed by atoms with Gasteiger partial charge in [0.1, 0.15) is 13.2 Å². The molecule has 178 valence electrons. The monoisotopic (exact) mass is 456 g/mol. The van der Waals surface area contributed by atoms with Crippen molar-refractivity contribution in [3.63, 3.8) is 0 Å². The molecule has 0 aliphatic heterocycles. The molecule has 0 rings (SSSR count). The highest BCUT2D eigenvalue weighted by Crippen LogP contribution is 2.00. The molecule has 0 aromatic rings. The summed E-state index contributed by atoms with van der Waals surface area (Å²) in [5.74, 6) is 0.519. The number of unbranched alkanes of at least 4 members (excludes halogenated alkanes) is 3. The molecule has 30 heavy (non-hydrogen) atoms. The van der Waals surface area contributed by atoms with Crippen molar-refractivity contribution in [2.24, 2.45) is 5.73 Å². The van der Waals surface area contributed by atoms with Crippen LogP contribution in [0.25, 0.3) is 0 Å². The van der Waals surface area contributed by atoms with Gasteiger partial charge in [0.15, 0.2) is 0 Å². The Bertz CT molecular complexity index is 405. The summed E-state index contributed by atoms with van der Waals surface area (Å²) in [6, 6.07) is 0. The van der Waals surface area contributed by atoms with E-state index in [1.165, 1.54) is 0 Å². The van der Waals surface area contributed by atoms with Crippen molar-refractivity contribution in [2.75, 3.05) is 85.1 Å². The molecule has 0 aliphatic rings. The van der Waals surface area contributed by atoms with Crippen molar-refractivity contribution in [2.45, 2.75) is 25.7 Å². The van der Waals surface area contributed by atoms with Crippen molar-refractivity contribution < 1.29 is 38.0 Å². The second-order valence-corrected chi connectivity index (χ2v) is 6.50. The minimum atomic E-state index is -0.825. The quantitative estimate of drug-likeness (QED) is 0.173. The summed E-state index contributed by atoms with van der Waals surface area (Å²) in [6.45, 7) is 4.39. The van der Waals surface area contributed by atoms with E-state index in [-0.39, 0.29) is 25.7 Å². The van der Waals surface area contributed by atoms with Crippen LogP contribution in [0.3, 0.4) is 0 Å². The summed E-state index contributed by atoms with van der Waals surface area (Å²) in [6.07, 6.45) is 3.56. The number of nitrogens with one attached hydrogen (secondary N) is 1. The first-order valence-electron chi connectivity index (χ1n) is 10.3. The van der Waals surface area contributed by atoms with Crippen LogP contribution in [0.5, 0.6) is 0 Å². The Morgan fingerprint density at radius 1 is 0.667 bits per heavy atom. The number of rotatable bonds is 23. The van der Waals surface area contributed by atoms with Gasteiger partial charge in [-0.25, -0.2) is 4.79 Å². The molecule has 0 atom stereocenters. The van der Waals surface area contributed by atoms with E-state index in [4.69, 9.17) is 41.0 Å². The third kappa shape index (κ3) is 24.9. The smallest absolute Gasteiger partial charge is 0.404 e. The lowest BCUT2D eigenvalue weighted by Gasteiger charge is -2.08. The van der Waals surface area contributed by atoms with E-state index in [0.29, 0.717) is 52.8 Å². The molecule has 3 N–H and O–H groups in total. The van der Waals surface area contributed by atoms with Gasteiger partial charge < -0.3 is 39.5 Å². The molecule has 0 unspecified atom stereocenters. The maximum absolute atomic E-state index is 11.6. The van der Waals surface area contributed by atoms with E-state index in [2.05, 4.69) is 10.1 Å². The van der Waals surface area contributed by atoms with Crippen LogP contribution >= 0.6 is 11.6 Å². The molecule has 0 radical (unpaired) electrons. The van der Waals surface area contributed by atoms with Gasteiger partial charge in [-0.05, 0) is 12.8 Å². The zero-order valence-electron chi connectivity index (χ0n) is 17.7. The number of nitrogens with two attached hydrogens (primary N) is 1. The van der Waals surface area contributed by atoms with Crippen molar-refractivity contribution in [3.8, 4) is 0 Å². The highest BCUT2D eigenvalue weighted by molar-refractivity contribution is 6.17. The van der Waals surface area contributed by atoms with E-state index in [1.807, 2.05) is 0 Å². The minimum absolute atomic E-state index is 0.0306. The van der Waals surface area contributed by atoms with Gasteiger partial charge in [-0.1, -0.05) is 12.8 Å². The minimum Gasteiger partial charge on any atom is -0.447 e. The summed E-state index contributed by atoms with van der Waals surface area (Å²) in [4.78, 5) is 21.9. The molecular weight excluding hydrogens is 420 g/mol. The first-order chi connectivity index (χ1) is 14.7. The second-order valence-electron chi connectivity index (χ2n) is 6.12. The maximum atomic E-state index is 11.6. The highest BCUT2D eigenvalue weighted by Gasteiger charge is 2.01. The lowest BCUT2D eigenvalue weighted by molar-refractivity contribution is -0.126. The zero-order chi connectivity index (χ0) is 22.1. The lowest BCUT2D eigenvalue weighted by atomic mass is 10.2. The number of amides is 2. The Labute approximate surface area is 184 Å². The van der Waals surface area contributed by atoms with Crippen LogP contribution in [0.15, 0.2) is 0 Å². The summed E-state index contributed by atoms with van der Waals surface area (Å²) in [5, 5.41) is 2.71. The summed E-state index contributed by atoms with van der Waals surface area (Å²) >= 11 is 5.61. The molecular formula is C19H37ClN2O8. The molecule has 0 saturated carbocycles. The predicted molar refractivity (Wildman–Crippen MR) is 112 cm³/mol. The van der Waals surface area contributed by atoms with Gasteiger partial charge in [-0.15, -0.1) is 11.6 Å². The fourth-order valence-corrected chi connectivity index (χ4v) is 2.28. The molecule has 0 fully saturated rings. The first kappa shape index (κ1) is 28.8. The van der Waals surface area contributed by atoms with E-state index in [1.54, 1.807) is 0 Å². The average Bonchev–Trinajstić information content (AvgIpc) is 2.72. The van der Waals surface area contributed by atoms with Gasteiger partial charge in [-0.3, -0.25) is 4.79 Å². The van der Waals surface area contributed by atoms with E-state index in [0.717, 1.165) is 38.2 Å². The van der Waals surface area contributed by atoms with E-state index < -0.39 is 6.09 Å². The topological polar surface area (TPSA) is 128 Å². The molecule has 0 spiro atoms. The van der Waals surface area contributed by atoms with Gasteiger partial charge in [0.05, 0.1) is 52.9 Å². The number of halogens is 1. The molecule has 0 bridgehead atoms. The van der Waals surface area contributed by atoms with Crippen LogP contribution in [0, 0.1) is 0 Å². The molecule has 11 heteroatoms. The van der Waals surface area contributed by atoms with Crippen LogP contribution < -0.4 is 11.1 Å². The predicted octanol–water partition coefficient (Wildman–Crippen LogP) is 1.08. The van der Waals surface area contributed by atoms with Crippen molar-refractivity contribution in [1.29, 1.82) is 0 Å². The van der Waals surface area contributed by atoms with E-state index in [9.17, 15) is 9.59 Å². The fraction of sp³-hybridized carbons (Fsp3) is 0.895. The standard InChI is InChI=1S/C19H37ClN2O8/c20-5-3-1-2-4-7-25-9-10-26-8-6-22-18(23)17-29-14-13-27-11-12-28-15-16-30-19(21)24/h1-17H2,(H2,21,24)(H,22,23). The number of carbonyl (C=O) groups excluding carboxylic acids is 2. The molecule has 0 heterocycles. The van der Waals surface area contributed by atoms with Crippen molar-refractivity contribution in [1.82, 2.24) is 5.32 Å². The Morgan fingerprint density at radius 2 is 1.20 bits per heavy atom. The molecule has 0 aromatic carbocycles. The molecule has 0 aliphatic carbocycles. The number of alkyl halides is 1. The van der Waals surface area contributed by atoms with Crippen LogP contribution in [-0.2, 0) is 33.2 Å². The van der Waals surface area contributed by atoms with Gasteiger partial charge in [0.2, 0.25) is 5.91 Å². The third-order valence-corrected chi connectivity index (χ3v) is 3.83. The second kappa shape index (κ2) is 24.1. The Hall–Kier alpha value is -1.17. The first-order valence-corrected chi connectivity index (χ1v) is 10.8. The van der Waals surface area contributed by atoms with Crippen LogP contribution in [0.4, 0.5) is 4.79 Å². The maximum Gasteiger partial charge on any atom is 0.404 e. The third-order valence-electron chi connectivity index (χ3n) is 3.56. The van der Waals surface area contributed by atoms with Crippen molar-refractivity contribution >= 4 is 23.6 Å². The van der Waals surface area contributed by atoms with Crippen LogP contribution in [0.1, 0.15) is 25.7 Å². The summed E-state index contributed by atoms with van der Waals surface area (Å²) in [7, 11) is 0. The molecule has 2 amide bonds. The SMILES string of the molecule is NC(=O)OCCOCCOCCOCC(=O)NCCOCCOCCCCCCCl. The highest BCUT2D eigenvalue weighted by atomic mass is 35.5. The molecule has 0 aromatic heterocycles. The number of carbonyl (C=O) groups is 2. The van der Waals surface area contributed by atoms with Gasteiger partial charge in [0.25, 0.3) is 0 Å². The Morgan fingerprint density at radius 3 is 1.83 bits per heavy atom. The largest absolute Gasteiger partial charge is 0.447 e.